The van der Waals surface area contributed by atoms with Gasteiger partial charge in [-0.2, -0.15) is 0 Å². The van der Waals surface area contributed by atoms with Gasteiger partial charge in [0.2, 0.25) is 0 Å². The van der Waals surface area contributed by atoms with Crippen LogP contribution in [0.1, 0.15) is 29.2 Å². The van der Waals surface area contributed by atoms with Crippen LogP contribution >= 0.6 is 0 Å². The average molecular weight is 176 g/mol. The Hall–Kier alpha value is -1.08. The van der Waals surface area contributed by atoms with Gasteiger partial charge in [-0.3, -0.25) is 0 Å². The molecule has 0 saturated carbocycles. The fourth-order valence-electron chi connectivity index (χ4n) is 1.27. The van der Waals surface area contributed by atoms with Crippen molar-refractivity contribution in [2.45, 2.75) is 26.4 Å². The van der Waals surface area contributed by atoms with Crippen LogP contribution in [-0.4, -0.2) is 5.11 Å². The summed E-state index contributed by atoms with van der Waals surface area (Å²) in [6.45, 7) is 7.73. The molecular weight excluding hydrogens is 160 g/mol. The Bertz CT molecular complexity index is 302. The van der Waals surface area contributed by atoms with Crippen LogP contribution in [-0.2, 0) is 0 Å². The SMILES string of the molecule is C=CC[C@@H](O)c1ccc(C)c(C)c1. The third-order valence-corrected chi connectivity index (χ3v) is 2.31. The van der Waals surface area contributed by atoms with E-state index in [-0.39, 0.29) is 0 Å². The standard InChI is InChI=1S/C12H16O/c1-4-5-12(13)11-7-6-9(2)10(3)8-11/h4,6-8,12-13H,1,5H2,2-3H3/t12-/m1/s1. The summed E-state index contributed by atoms with van der Waals surface area (Å²) < 4.78 is 0. The van der Waals surface area contributed by atoms with Gasteiger partial charge in [0.1, 0.15) is 0 Å². The predicted molar refractivity (Wildman–Crippen MR) is 55.7 cm³/mol. The van der Waals surface area contributed by atoms with Gasteiger partial charge >= 0.3 is 0 Å². The van der Waals surface area contributed by atoms with Crippen LogP contribution in [0.4, 0.5) is 0 Å². The van der Waals surface area contributed by atoms with E-state index in [2.05, 4.69) is 20.4 Å². The number of aliphatic hydroxyl groups excluding tert-OH is 1. The van der Waals surface area contributed by atoms with Gasteiger partial charge in [-0.15, -0.1) is 6.58 Å². The predicted octanol–water partition coefficient (Wildman–Crippen LogP) is 2.91. The summed E-state index contributed by atoms with van der Waals surface area (Å²) >= 11 is 0. The Morgan fingerprint density at radius 2 is 2.08 bits per heavy atom. The second-order valence-electron chi connectivity index (χ2n) is 3.38. The van der Waals surface area contributed by atoms with E-state index in [0.29, 0.717) is 6.42 Å². The van der Waals surface area contributed by atoms with Gasteiger partial charge in [0.25, 0.3) is 0 Å². The van der Waals surface area contributed by atoms with Crippen molar-refractivity contribution in [3.63, 3.8) is 0 Å². The zero-order chi connectivity index (χ0) is 9.84. The molecule has 13 heavy (non-hydrogen) atoms. The number of hydrogen-bond acceptors (Lipinski definition) is 1. The minimum absolute atomic E-state index is 0.406. The summed E-state index contributed by atoms with van der Waals surface area (Å²) in [4.78, 5) is 0. The molecule has 1 heteroatoms. The van der Waals surface area contributed by atoms with E-state index in [9.17, 15) is 5.11 Å². The van der Waals surface area contributed by atoms with Gasteiger partial charge in [0.05, 0.1) is 6.10 Å². The molecule has 70 valence electrons. The molecule has 1 aromatic rings. The Labute approximate surface area is 79.7 Å². The van der Waals surface area contributed by atoms with E-state index in [1.54, 1.807) is 6.08 Å². The first-order valence-corrected chi connectivity index (χ1v) is 4.51. The van der Waals surface area contributed by atoms with Gasteiger partial charge in [-0.25, -0.2) is 0 Å². The van der Waals surface area contributed by atoms with Crippen LogP contribution in [0.5, 0.6) is 0 Å². The maximum absolute atomic E-state index is 9.66. The average Bonchev–Trinajstić information content (AvgIpc) is 2.10. The second-order valence-corrected chi connectivity index (χ2v) is 3.38. The number of benzene rings is 1. The van der Waals surface area contributed by atoms with E-state index < -0.39 is 6.10 Å². The zero-order valence-corrected chi connectivity index (χ0v) is 8.25. The fourth-order valence-corrected chi connectivity index (χ4v) is 1.27. The van der Waals surface area contributed by atoms with E-state index >= 15 is 0 Å². The molecule has 0 heterocycles. The van der Waals surface area contributed by atoms with Gasteiger partial charge in [-0.1, -0.05) is 24.3 Å². The first-order chi connectivity index (χ1) is 6.15. The minimum Gasteiger partial charge on any atom is -0.388 e. The first kappa shape index (κ1) is 10.0. The molecule has 0 bridgehead atoms. The topological polar surface area (TPSA) is 20.2 Å². The summed E-state index contributed by atoms with van der Waals surface area (Å²) in [6, 6.07) is 6.04. The summed E-state index contributed by atoms with van der Waals surface area (Å²) in [5, 5.41) is 9.66. The largest absolute Gasteiger partial charge is 0.388 e. The fraction of sp³-hybridized carbons (Fsp3) is 0.333. The lowest BCUT2D eigenvalue weighted by Crippen LogP contribution is -1.96. The Balaban J connectivity index is 2.89. The highest BCUT2D eigenvalue weighted by Crippen LogP contribution is 2.19. The molecule has 1 nitrogen and oxygen atoms in total. The molecule has 0 aliphatic rings. The molecule has 0 radical (unpaired) electrons. The second kappa shape index (κ2) is 4.24. The lowest BCUT2D eigenvalue weighted by atomic mass is 10.0. The number of aryl methyl sites for hydroxylation is 2. The first-order valence-electron chi connectivity index (χ1n) is 4.51. The molecule has 1 N–H and O–H groups in total. The highest BCUT2D eigenvalue weighted by Gasteiger charge is 2.05. The lowest BCUT2D eigenvalue weighted by molar-refractivity contribution is 0.181. The summed E-state index contributed by atoms with van der Waals surface area (Å²) in [5.41, 5.74) is 3.46. The number of hydrogen-bond donors (Lipinski definition) is 1. The van der Waals surface area contributed by atoms with E-state index in [0.717, 1.165) is 5.56 Å². The smallest absolute Gasteiger partial charge is 0.0824 e. The van der Waals surface area contributed by atoms with Crippen LogP contribution in [0.15, 0.2) is 30.9 Å². The van der Waals surface area contributed by atoms with Crippen molar-refractivity contribution in [1.29, 1.82) is 0 Å². The van der Waals surface area contributed by atoms with Crippen LogP contribution in [0.2, 0.25) is 0 Å². The van der Waals surface area contributed by atoms with Gasteiger partial charge in [0.15, 0.2) is 0 Å². The molecule has 0 amide bonds. The maximum atomic E-state index is 9.66. The zero-order valence-electron chi connectivity index (χ0n) is 8.25. The molecule has 1 aromatic carbocycles. The molecule has 0 aromatic heterocycles. The molecule has 0 saturated heterocycles. The quantitative estimate of drug-likeness (QED) is 0.702. The summed E-state index contributed by atoms with van der Waals surface area (Å²) in [7, 11) is 0. The van der Waals surface area contributed by atoms with Crippen molar-refractivity contribution < 1.29 is 5.11 Å². The highest BCUT2D eigenvalue weighted by molar-refractivity contribution is 5.31. The normalized spacial score (nSPS) is 12.5. The minimum atomic E-state index is -0.406. The highest BCUT2D eigenvalue weighted by atomic mass is 16.3. The van der Waals surface area contributed by atoms with Crippen molar-refractivity contribution >= 4 is 0 Å². The molecule has 1 atom stereocenters. The van der Waals surface area contributed by atoms with Crippen molar-refractivity contribution in [2.24, 2.45) is 0 Å². The molecule has 0 aliphatic carbocycles. The third kappa shape index (κ3) is 2.43. The molecule has 0 aliphatic heterocycles. The maximum Gasteiger partial charge on any atom is 0.0824 e. The van der Waals surface area contributed by atoms with Crippen LogP contribution in [0.3, 0.4) is 0 Å². The number of rotatable bonds is 3. The van der Waals surface area contributed by atoms with Crippen molar-refractivity contribution in [3.8, 4) is 0 Å². The van der Waals surface area contributed by atoms with Crippen molar-refractivity contribution in [1.82, 2.24) is 0 Å². The van der Waals surface area contributed by atoms with Crippen LogP contribution < -0.4 is 0 Å². The monoisotopic (exact) mass is 176 g/mol. The summed E-state index contributed by atoms with van der Waals surface area (Å²) in [6.07, 6.45) is 1.94. The van der Waals surface area contributed by atoms with Crippen LogP contribution in [0, 0.1) is 13.8 Å². The molecular formula is C12H16O. The van der Waals surface area contributed by atoms with Crippen LogP contribution in [0.25, 0.3) is 0 Å². The van der Waals surface area contributed by atoms with Gasteiger partial charge in [-0.05, 0) is 37.0 Å². The number of aliphatic hydroxyl groups is 1. The van der Waals surface area contributed by atoms with Gasteiger partial charge in [0, 0.05) is 0 Å². The Kier molecular flexibility index (Phi) is 3.26. The van der Waals surface area contributed by atoms with Crippen molar-refractivity contribution in [3.05, 3.63) is 47.5 Å². The molecule has 1 rings (SSSR count). The van der Waals surface area contributed by atoms with Gasteiger partial charge < -0.3 is 5.11 Å². The molecule has 0 fully saturated rings. The molecule has 0 unspecified atom stereocenters. The van der Waals surface area contributed by atoms with E-state index in [1.807, 2.05) is 18.2 Å². The third-order valence-electron chi connectivity index (χ3n) is 2.31. The Morgan fingerprint density at radius 1 is 1.38 bits per heavy atom. The Morgan fingerprint density at radius 3 is 2.62 bits per heavy atom. The van der Waals surface area contributed by atoms with E-state index in [4.69, 9.17) is 0 Å². The van der Waals surface area contributed by atoms with Crippen molar-refractivity contribution in [2.75, 3.05) is 0 Å². The lowest BCUT2D eigenvalue weighted by Gasteiger charge is -2.10. The molecule has 0 spiro atoms. The summed E-state index contributed by atoms with van der Waals surface area (Å²) in [5.74, 6) is 0. The van der Waals surface area contributed by atoms with E-state index in [1.165, 1.54) is 11.1 Å².